The van der Waals surface area contributed by atoms with Gasteiger partial charge in [0.15, 0.2) is 5.69 Å². The molecule has 0 saturated carbocycles. The van der Waals surface area contributed by atoms with Crippen LogP contribution in [0.15, 0.2) is 18.5 Å². The number of ether oxygens (including phenoxy) is 1. The SMILES string of the molecule is Cc1nsnc1C(=O)NC[C@H]1[C@H]2CN(c3ncccn3)C[C@]23CC[C@H]1O3. The first kappa shape index (κ1) is 16.1. The molecule has 0 aliphatic carbocycles. The monoisotopic (exact) mass is 372 g/mol. The lowest BCUT2D eigenvalue weighted by Crippen LogP contribution is -2.42. The molecule has 5 rings (SSSR count). The van der Waals surface area contributed by atoms with Crippen molar-refractivity contribution in [3.05, 3.63) is 29.8 Å². The van der Waals surface area contributed by atoms with Gasteiger partial charge in [-0.25, -0.2) is 9.97 Å². The van der Waals surface area contributed by atoms with E-state index >= 15 is 0 Å². The van der Waals surface area contributed by atoms with Crippen LogP contribution in [0.2, 0.25) is 0 Å². The molecule has 9 heteroatoms. The van der Waals surface area contributed by atoms with Gasteiger partial charge >= 0.3 is 0 Å². The number of aromatic nitrogens is 4. The second kappa shape index (κ2) is 5.95. The molecule has 3 saturated heterocycles. The van der Waals surface area contributed by atoms with Crippen molar-refractivity contribution in [1.82, 2.24) is 24.0 Å². The summed E-state index contributed by atoms with van der Waals surface area (Å²) in [5.41, 5.74) is 0.998. The van der Waals surface area contributed by atoms with Gasteiger partial charge in [0.2, 0.25) is 5.95 Å². The minimum absolute atomic E-state index is 0.114. The Morgan fingerprint density at radius 3 is 3.04 bits per heavy atom. The Morgan fingerprint density at radius 1 is 1.42 bits per heavy atom. The van der Waals surface area contributed by atoms with Crippen LogP contribution in [0.5, 0.6) is 0 Å². The number of amides is 1. The maximum absolute atomic E-state index is 12.4. The molecule has 2 aromatic rings. The molecule has 1 spiro atoms. The van der Waals surface area contributed by atoms with Gasteiger partial charge in [-0.05, 0) is 25.8 Å². The van der Waals surface area contributed by atoms with E-state index in [0.29, 0.717) is 29.8 Å². The highest BCUT2D eigenvalue weighted by Crippen LogP contribution is 2.54. The van der Waals surface area contributed by atoms with Crippen LogP contribution < -0.4 is 10.2 Å². The first-order valence-electron chi connectivity index (χ1n) is 8.93. The Kier molecular flexibility index (Phi) is 3.68. The molecule has 1 N–H and O–H groups in total. The van der Waals surface area contributed by atoms with Gasteiger partial charge in [-0.2, -0.15) is 8.75 Å². The number of carbonyl (C=O) groups is 1. The van der Waals surface area contributed by atoms with Crippen LogP contribution in [0.25, 0.3) is 0 Å². The van der Waals surface area contributed by atoms with E-state index in [4.69, 9.17) is 4.74 Å². The van der Waals surface area contributed by atoms with E-state index in [2.05, 4.69) is 28.9 Å². The predicted molar refractivity (Wildman–Crippen MR) is 95.0 cm³/mol. The molecule has 3 fully saturated rings. The molecule has 8 nitrogen and oxygen atoms in total. The van der Waals surface area contributed by atoms with Crippen LogP contribution in [0.4, 0.5) is 5.95 Å². The molecule has 4 atom stereocenters. The van der Waals surface area contributed by atoms with Crippen LogP contribution in [0, 0.1) is 18.8 Å². The lowest BCUT2D eigenvalue weighted by atomic mass is 9.73. The normalized spacial score (nSPS) is 32.0. The lowest BCUT2D eigenvalue weighted by Gasteiger charge is -2.29. The molecule has 5 heterocycles. The smallest absolute Gasteiger partial charge is 0.272 e. The topological polar surface area (TPSA) is 93.1 Å². The largest absolute Gasteiger partial charge is 0.369 e. The number of nitrogens with zero attached hydrogens (tertiary/aromatic N) is 5. The highest BCUT2D eigenvalue weighted by Gasteiger charge is 2.63. The van der Waals surface area contributed by atoms with Gasteiger partial charge in [0.1, 0.15) is 0 Å². The van der Waals surface area contributed by atoms with Crippen molar-refractivity contribution in [2.45, 2.75) is 31.5 Å². The Hall–Kier alpha value is -2.13. The lowest BCUT2D eigenvalue weighted by molar-refractivity contribution is 0.0141. The number of anilines is 1. The third-order valence-electron chi connectivity index (χ3n) is 5.98. The minimum Gasteiger partial charge on any atom is -0.369 e. The van der Waals surface area contributed by atoms with Gasteiger partial charge in [-0.3, -0.25) is 4.79 Å². The summed E-state index contributed by atoms with van der Waals surface area (Å²) >= 11 is 1.07. The first-order chi connectivity index (χ1) is 12.7. The molecular weight excluding hydrogens is 352 g/mol. The fourth-order valence-electron chi connectivity index (χ4n) is 4.80. The third-order valence-corrected chi connectivity index (χ3v) is 6.60. The molecule has 0 radical (unpaired) electrons. The quantitative estimate of drug-likeness (QED) is 0.857. The Labute approximate surface area is 155 Å². The summed E-state index contributed by atoms with van der Waals surface area (Å²) in [5, 5.41) is 3.05. The van der Waals surface area contributed by atoms with Crippen LogP contribution >= 0.6 is 11.7 Å². The summed E-state index contributed by atoms with van der Waals surface area (Å²) in [4.78, 5) is 23.4. The van der Waals surface area contributed by atoms with E-state index in [1.165, 1.54) is 0 Å². The summed E-state index contributed by atoms with van der Waals surface area (Å²) in [6, 6.07) is 1.83. The van der Waals surface area contributed by atoms with Crippen molar-refractivity contribution in [2.24, 2.45) is 11.8 Å². The number of hydrogen-bond acceptors (Lipinski definition) is 8. The van der Waals surface area contributed by atoms with Crippen molar-refractivity contribution in [1.29, 1.82) is 0 Å². The summed E-state index contributed by atoms with van der Waals surface area (Å²) in [6.07, 6.45) is 5.90. The van der Waals surface area contributed by atoms with Gasteiger partial charge in [0, 0.05) is 37.3 Å². The molecule has 2 bridgehead atoms. The summed E-state index contributed by atoms with van der Waals surface area (Å²) in [7, 11) is 0. The number of nitrogens with one attached hydrogen (secondary N) is 1. The maximum Gasteiger partial charge on any atom is 0.272 e. The molecule has 2 aromatic heterocycles. The number of aryl methyl sites for hydroxylation is 1. The molecule has 3 aliphatic rings. The van der Waals surface area contributed by atoms with E-state index in [1.54, 1.807) is 12.4 Å². The van der Waals surface area contributed by atoms with Crippen LogP contribution in [0.3, 0.4) is 0 Å². The van der Waals surface area contributed by atoms with E-state index in [-0.39, 0.29) is 17.6 Å². The minimum atomic E-state index is -0.144. The molecule has 1 amide bonds. The van der Waals surface area contributed by atoms with Crippen molar-refractivity contribution < 1.29 is 9.53 Å². The summed E-state index contributed by atoms with van der Waals surface area (Å²) in [6.45, 7) is 4.12. The van der Waals surface area contributed by atoms with Crippen molar-refractivity contribution >= 4 is 23.6 Å². The van der Waals surface area contributed by atoms with Gasteiger partial charge in [-0.15, -0.1) is 0 Å². The standard InChI is InChI=1S/C17H20N6O2S/c1-10-14(22-26-21-10)15(24)20-7-11-12-8-23(16-18-5-2-6-19-16)9-17(12)4-3-13(11)25-17/h2,5-6,11-13H,3-4,7-9H2,1H3,(H,20,24)/t11-,12+,13+,17+/m0/s1. The average molecular weight is 372 g/mol. The highest BCUT2D eigenvalue weighted by molar-refractivity contribution is 6.99. The number of rotatable bonds is 4. The summed E-state index contributed by atoms with van der Waals surface area (Å²) in [5.74, 6) is 1.32. The average Bonchev–Trinajstić information content (AvgIpc) is 3.40. The van der Waals surface area contributed by atoms with Crippen molar-refractivity contribution in [3.63, 3.8) is 0 Å². The molecule has 26 heavy (non-hydrogen) atoms. The van der Waals surface area contributed by atoms with Crippen LogP contribution in [0.1, 0.15) is 29.0 Å². The second-order valence-electron chi connectivity index (χ2n) is 7.37. The van der Waals surface area contributed by atoms with Gasteiger partial charge in [-0.1, -0.05) is 0 Å². The predicted octanol–water partition coefficient (Wildman–Crippen LogP) is 1.05. The van der Waals surface area contributed by atoms with E-state index in [0.717, 1.165) is 43.6 Å². The molecule has 0 unspecified atom stereocenters. The molecular formula is C17H20N6O2S. The van der Waals surface area contributed by atoms with E-state index < -0.39 is 0 Å². The van der Waals surface area contributed by atoms with Crippen LogP contribution in [-0.4, -0.2) is 56.0 Å². The highest BCUT2D eigenvalue weighted by atomic mass is 32.1. The summed E-state index contributed by atoms with van der Waals surface area (Å²) < 4.78 is 14.6. The maximum atomic E-state index is 12.4. The number of fused-ring (bicyclic) bond motifs is 1. The molecule has 136 valence electrons. The second-order valence-corrected chi connectivity index (χ2v) is 7.90. The number of carbonyl (C=O) groups excluding carboxylic acids is 1. The van der Waals surface area contributed by atoms with Crippen molar-refractivity contribution in [2.75, 3.05) is 24.5 Å². The van der Waals surface area contributed by atoms with E-state index in [1.807, 2.05) is 13.0 Å². The van der Waals surface area contributed by atoms with Gasteiger partial charge in [0.05, 0.1) is 35.7 Å². The first-order valence-corrected chi connectivity index (χ1v) is 9.66. The van der Waals surface area contributed by atoms with Crippen molar-refractivity contribution in [3.8, 4) is 0 Å². The van der Waals surface area contributed by atoms with Gasteiger partial charge in [0.25, 0.3) is 5.91 Å². The molecule has 0 aromatic carbocycles. The Bertz CT molecular complexity index is 830. The zero-order chi connectivity index (χ0) is 17.7. The fraction of sp³-hybridized carbons (Fsp3) is 0.588. The Morgan fingerprint density at radius 2 is 2.27 bits per heavy atom. The zero-order valence-corrected chi connectivity index (χ0v) is 15.3. The number of hydrogen-bond donors (Lipinski definition) is 1. The fourth-order valence-corrected chi connectivity index (χ4v) is 5.35. The third kappa shape index (κ3) is 2.41. The Balaban J connectivity index is 1.30. The zero-order valence-electron chi connectivity index (χ0n) is 14.5. The molecule has 3 aliphatic heterocycles. The van der Waals surface area contributed by atoms with E-state index in [9.17, 15) is 4.79 Å². The van der Waals surface area contributed by atoms with Gasteiger partial charge < -0.3 is 15.0 Å². The van der Waals surface area contributed by atoms with Crippen LogP contribution in [-0.2, 0) is 4.74 Å².